The standard InChI is InChI=1S/C18H15F3N2O/c19-18(20,21)17-22-14-9-8-12(24)10-16(14)23(17)15-7-3-5-11-4-1-2-6-13(11)15/h3,5,7-10,24H,1-2,4,6H2. The molecule has 0 spiro atoms. The molecule has 124 valence electrons. The lowest BCUT2D eigenvalue weighted by atomic mass is 9.90. The minimum absolute atomic E-state index is 0.0813. The Morgan fingerprint density at radius 2 is 1.83 bits per heavy atom. The molecule has 6 heteroatoms. The number of hydrogen-bond donors (Lipinski definition) is 1. The smallest absolute Gasteiger partial charge is 0.450 e. The number of aryl methyl sites for hydroxylation is 1. The Labute approximate surface area is 136 Å². The first-order chi connectivity index (χ1) is 11.4. The molecular weight excluding hydrogens is 317 g/mol. The van der Waals surface area contributed by atoms with Crippen molar-refractivity contribution in [2.45, 2.75) is 31.9 Å². The number of phenols is 1. The largest absolute Gasteiger partial charge is 0.508 e. The van der Waals surface area contributed by atoms with Crippen LogP contribution in [0, 0.1) is 0 Å². The summed E-state index contributed by atoms with van der Waals surface area (Å²) in [4.78, 5) is 3.78. The van der Waals surface area contributed by atoms with Crippen LogP contribution >= 0.6 is 0 Å². The highest BCUT2D eigenvalue weighted by Gasteiger charge is 2.38. The van der Waals surface area contributed by atoms with Gasteiger partial charge in [-0.1, -0.05) is 12.1 Å². The summed E-state index contributed by atoms with van der Waals surface area (Å²) < 4.78 is 41.8. The van der Waals surface area contributed by atoms with Crippen molar-refractivity contribution < 1.29 is 18.3 Å². The van der Waals surface area contributed by atoms with Gasteiger partial charge in [0.1, 0.15) is 5.75 Å². The van der Waals surface area contributed by atoms with E-state index in [1.807, 2.05) is 6.07 Å². The number of benzene rings is 2. The zero-order valence-corrected chi connectivity index (χ0v) is 12.8. The number of phenolic OH excluding ortho intramolecular Hbond substituents is 1. The first kappa shape index (κ1) is 15.1. The highest BCUT2D eigenvalue weighted by atomic mass is 19.4. The van der Waals surface area contributed by atoms with Crippen LogP contribution in [0.5, 0.6) is 5.75 Å². The highest BCUT2D eigenvalue weighted by Crippen LogP contribution is 2.37. The Hall–Kier alpha value is -2.50. The maximum absolute atomic E-state index is 13.6. The Bertz CT molecular complexity index is 928. The van der Waals surface area contributed by atoms with E-state index in [1.165, 1.54) is 18.2 Å². The van der Waals surface area contributed by atoms with Crippen LogP contribution in [0.15, 0.2) is 36.4 Å². The number of aromatic nitrogens is 2. The lowest BCUT2D eigenvalue weighted by Gasteiger charge is -2.21. The van der Waals surface area contributed by atoms with Crippen LogP contribution in [0.3, 0.4) is 0 Å². The van der Waals surface area contributed by atoms with Gasteiger partial charge in [0.15, 0.2) is 0 Å². The zero-order valence-electron chi connectivity index (χ0n) is 12.8. The summed E-state index contributed by atoms with van der Waals surface area (Å²) in [6.45, 7) is 0. The predicted octanol–water partition coefficient (Wildman–Crippen LogP) is 4.63. The monoisotopic (exact) mass is 332 g/mol. The SMILES string of the molecule is Oc1ccc2nc(C(F)(F)F)n(-c3cccc4c3CCCC4)c2c1. The van der Waals surface area contributed by atoms with Crippen LogP contribution in [-0.4, -0.2) is 14.7 Å². The van der Waals surface area contributed by atoms with Crippen LogP contribution in [-0.2, 0) is 19.0 Å². The maximum atomic E-state index is 13.6. The van der Waals surface area contributed by atoms with Gasteiger partial charge in [0.25, 0.3) is 0 Å². The lowest BCUT2D eigenvalue weighted by Crippen LogP contribution is -2.16. The molecule has 0 aliphatic heterocycles. The van der Waals surface area contributed by atoms with Gasteiger partial charge < -0.3 is 5.11 Å². The van der Waals surface area contributed by atoms with Crippen molar-refractivity contribution in [1.82, 2.24) is 9.55 Å². The number of halogens is 3. The first-order valence-electron chi connectivity index (χ1n) is 7.85. The third-order valence-corrected chi connectivity index (χ3v) is 4.50. The molecule has 4 rings (SSSR count). The van der Waals surface area contributed by atoms with Gasteiger partial charge in [-0.05, 0) is 55.0 Å². The van der Waals surface area contributed by atoms with Crippen LogP contribution in [0.4, 0.5) is 13.2 Å². The molecule has 1 aliphatic rings. The van der Waals surface area contributed by atoms with Crippen LogP contribution in [0.25, 0.3) is 16.7 Å². The summed E-state index contributed by atoms with van der Waals surface area (Å²) in [7, 11) is 0. The van der Waals surface area contributed by atoms with E-state index in [0.29, 0.717) is 5.69 Å². The van der Waals surface area contributed by atoms with E-state index < -0.39 is 12.0 Å². The van der Waals surface area contributed by atoms with Crippen LogP contribution < -0.4 is 0 Å². The van der Waals surface area contributed by atoms with Gasteiger partial charge >= 0.3 is 6.18 Å². The Balaban J connectivity index is 2.08. The van der Waals surface area contributed by atoms with Crippen molar-refractivity contribution in [3.63, 3.8) is 0 Å². The van der Waals surface area contributed by atoms with Crippen LogP contribution in [0.1, 0.15) is 29.8 Å². The fraction of sp³-hybridized carbons (Fsp3) is 0.278. The van der Waals surface area contributed by atoms with E-state index in [-0.39, 0.29) is 16.8 Å². The molecule has 3 aromatic rings. The number of fused-ring (bicyclic) bond motifs is 2. The second-order valence-electron chi connectivity index (χ2n) is 6.06. The van der Waals surface area contributed by atoms with Crippen molar-refractivity contribution in [1.29, 1.82) is 0 Å². The van der Waals surface area contributed by atoms with E-state index >= 15 is 0 Å². The molecule has 0 radical (unpaired) electrons. The molecule has 0 bridgehead atoms. The Morgan fingerprint density at radius 1 is 1.04 bits per heavy atom. The number of rotatable bonds is 1. The normalized spacial score (nSPS) is 14.8. The topological polar surface area (TPSA) is 38.1 Å². The molecule has 3 nitrogen and oxygen atoms in total. The van der Waals surface area contributed by atoms with Crippen molar-refractivity contribution in [3.05, 3.63) is 53.3 Å². The van der Waals surface area contributed by atoms with E-state index in [1.54, 1.807) is 12.1 Å². The molecule has 0 saturated heterocycles. The average molecular weight is 332 g/mol. The molecule has 0 saturated carbocycles. The van der Waals surface area contributed by atoms with Gasteiger partial charge in [0.05, 0.1) is 16.7 Å². The van der Waals surface area contributed by atoms with Crippen molar-refractivity contribution in [2.24, 2.45) is 0 Å². The summed E-state index contributed by atoms with van der Waals surface area (Å²) in [5.74, 6) is -1.04. The van der Waals surface area contributed by atoms with E-state index in [2.05, 4.69) is 4.98 Å². The van der Waals surface area contributed by atoms with E-state index in [0.717, 1.165) is 41.4 Å². The lowest BCUT2D eigenvalue weighted by molar-refractivity contribution is -0.145. The molecule has 1 aliphatic carbocycles. The summed E-state index contributed by atoms with van der Waals surface area (Å²) >= 11 is 0. The van der Waals surface area contributed by atoms with Crippen LogP contribution in [0.2, 0.25) is 0 Å². The van der Waals surface area contributed by atoms with Gasteiger partial charge in [-0.3, -0.25) is 4.57 Å². The second kappa shape index (κ2) is 5.26. The molecule has 1 N–H and O–H groups in total. The number of aromatic hydroxyl groups is 1. The zero-order chi connectivity index (χ0) is 16.9. The molecule has 0 amide bonds. The molecular formula is C18H15F3N2O. The fourth-order valence-corrected chi connectivity index (χ4v) is 3.47. The molecule has 0 unspecified atom stereocenters. The molecule has 1 aromatic heterocycles. The summed E-state index contributed by atoms with van der Waals surface area (Å²) in [6, 6.07) is 9.55. The fourth-order valence-electron chi connectivity index (χ4n) is 3.47. The number of alkyl halides is 3. The Kier molecular flexibility index (Phi) is 3.30. The van der Waals surface area contributed by atoms with Crippen molar-refractivity contribution in [2.75, 3.05) is 0 Å². The summed E-state index contributed by atoms with van der Waals surface area (Å²) in [6.07, 6.45) is -0.937. The number of hydrogen-bond acceptors (Lipinski definition) is 2. The summed E-state index contributed by atoms with van der Waals surface area (Å²) in [5.41, 5.74) is 3.02. The van der Waals surface area contributed by atoms with Gasteiger partial charge in [-0.15, -0.1) is 0 Å². The van der Waals surface area contributed by atoms with Crippen molar-refractivity contribution >= 4 is 11.0 Å². The second-order valence-corrected chi connectivity index (χ2v) is 6.06. The van der Waals surface area contributed by atoms with Gasteiger partial charge in [-0.2, -0.15) is 13.2 Å². The molecule has 0 atom stereocenters. The maximum Gasteiger partial charge on any atom is 0.450 e. The molecule has 0 fully saturated rings. The molecule has 1 heterocycles. The van der Waals surface area contributed by atoms with E-state index in [9.17, 15) is 18.3 Å². The van der Waals surface area contributed by atoms with E-state index in [4.69, 9.17) is 0 Å². The average Bonchev–Trinajstić information content (AvgIpc) is 2.93. The van der Waals surface area contributed by atoms with Gasteiger partial charge in [0.2, 0.25) is 5.82 Å². The molecule has 24 heavy (non-hydrogen) atoms. The van der Waals surface area contributed by atoms with Gasteiger partial charge in [-0.25, -0.2) is 4.98 Å². The Morgan fingerprint density at radius 3 is 2.62 bits per heavy atom. The third-order valence-electron chi connectivity index (χ3n) is 4.50. The number of imidazole rings is 1. The minimum Gasteiger partial charge on any atom is -0.508 e. The minimum atomic E-state index is -4.58. The van der Waals surface area contributed by atoms with Crippen molar-refractivity contribution in [3.8, 4) is 11.4 Å². The molecule has 2 aromatic carbocycles. The predicted molar refractivity (Wildman–Crippen MR) is 84.4 cm³/mol. The number of nitrogens with zero attached hydrogens (tertiary/aromatic N) is 2. The highest BCUT2D eigenvalue weighted by molar-refractivity contribution is 5.80. The first-order valence-corrected chi connectivity index (χ1v) is 7.85. The quantitative estimate of drug-likeness (QED) is 0.705. The van der Waals surface area contributed by atoms with Gasteiger partial charge in [0, 0.05) is 6.07 Å². The summed E-state index contributed by atoms with van der Waals surface area (Å²) in [5, 5.41) is 9.73. The third kappa shape index (κ3) is 2.33.